The predicted octanol–water partition coefficient (Wildman–Crippen LogP) is 20.5. The summed E-state index contributed by atoms with van der Waals surface area (Å²) < 4.78 is 39.6. The summed E-state index contributed by atoms with van der Waals surface area (Å²) in [5.41, 5.74) is 0. The minimum atomic E-state index is -4.79. The Morgan fingerprint density at radius 3 is 1.02 bits per heavy atom. The molecule has 84 heavy (non-hydrogen) atoms. The molecule has 0 amide bonds. The molecule has 0 saturated carbocycles. The number of carbonyl (C=O) groups is 3. The van der Waals surface area contributed by atoms with Crippen molar-refractivity contribution >= 4 is 25.7 Å². The van der Waals surface area contributed by atoms with Gasteiger partial charge in [-0.1, -0.05) is 251 Å². The third kappa shape index (κ3) is 62.2. The molecular weight excluding hydrogens is 1070 g/mol. The largest absolute Gasteiger partial charge is 0.472 e. The Kier molecular flexibility index (Phi) is 61.2. The number of esters is 3. The quantitative estimate of drug-likeness (QED) is 0.0197. The summed E-state index contributed by atoms with van der Waals surface area (Å²) in [4.78, 5) is 48.8. The topological polar surface area (TPSA) is 155 Å². The zero-order chi connectivity index (χ0) is 61.2. The molecule has 0 rings (SSSR count). The van der Waals surface area contributed by atoms with Crippen molar-refractivity contribution in [2.75, 3.05) is 26.4 Å². The molecule has 11 nitrogen and oxygen atoms in total. The predicted molar refractivity (Wildman–Crippen MR) is 353 cm³/mol. The van der Waals surface area contributed by atoms with Crippen LogP contribution in [0.3, 0.4) is 0 Å². The molecule has 0 spiro atoms. The van der Waals surface area contributed by atoms with Crippen LogP contribution in [0.2, 0.25) is 0 Å². The monoisotopic (exact) mass is 1190 g/mol. The van der Waals surface area contributed by atoms with E-state index < -0.39 is 57.8 Å². The number of phosphoric ester groups is 1. The van der Waals surface area contributed by atoms with Crippen molar-refractivity contribution in [2.45, 2.75) is 277 Å². The molecule has 2 N–H and O–H groups in total. The van der Waals surface area contributed by atoms with Crippen molar-refractivity contribution in [3.05, 3.63) is 134 Å². The van der Waals surface area contributed by atoms with Gasteiger partial charge in [0.05, 0.1) is 19.8 Å². The number of phosphoric acid groups is 1. The van der Waals surface area contributed by atoms with Gasteiger partial charge in [0.25, 0.3) is 0 Å². The third-order valence-corrected chi connectivity index (χ3v) is 14.5. The standard InChI is InChI=1S/C72H119O11P/c1-4-7-10-13-16-19-22-25-28-31-34-37-40-43-46-49-52-55-58-61-70(74)79-65-69(83-72(76)63-60-57-54-51-48-45-42-39-36-33-30-27-24-21-18-15-12-9-6-3)67-81-84(77,78)80-66-68(64-73)82-71(75)62-59-56-53-50-47-44-41-38-35-32-29-26-23-20-17-14-11-8-5-2/h9,12,16-21,25-30,35-36,38-39,45,48,54,57,68-69,73H,4-8,10-11,13-15,22-24,31-34,37,40-44,46-47,49-53,55-56,58-67H2,1-3H3,(H,77,78)/b12-9-,19-16-,20-17-,21-18-,28-25-,29-26-,30-27-,38-35-,39-36-,48-45-,57-54-. The molecule has 0 aliphatic carbocycles. The van der Waals surface area contributed by atoms with Crippen LogP contribution in [0.5, 0.6) is 0 Å². The number of hydrogen-bond acceptors (Lipinski definition) is 10. The third-order valence-electron chi connectivity index (χ3n) is 13.5. The van der Waals surface area contributed by atoms with Crippen LogP contribution in [0.1, 0.15) is 265 Å². The number of hydrogen-bond donors (Lipinski definition) is 2. The summed E-state index contributed by atoms with van der Waals surface area (Å²) in [7, 11) is -4.79. The number of allylic oxidation sites excluding steroid dienone is 22. The van der Waals surface area contributed by atoms with Crippen molar-refractivity contribution in [1.29, 1.82) is 0 Å². The average molecular weight is 1190 g/mol. The molecular formula is C72H119O11P. The molecule has 0 aliphatic rings. The van der Waals surface area contributed by atoms with E-state index in [-0.39, 0.29) is 25.9 Å². The molecule has 0 fully saturated rings. The average Bonchev–Trinajstić information content (AvgIpc) is 3.53. The Morgan fingerprint density at radius 1 is 0.345 bits per heavy atom. The van der Waals surface area contributed by atoms with Crippen molar-refractivity contribution in [1.82, 2.24) is 0 Å². The Morgan fingerprint density at radius 2 is 0.643 bits per heavy atom. The van der Waals surface area contributed by atoms with E-state index in [9.17, 15) is 28.9 Å². The van der Waals surface area contributed by atoms with E-state index in [0.29, 0.717) is 25.7 Å². The van der Waals surface area contributed by atoms with Gasteiger partial charge >= 0.3 is 25.7 Å². The maximum absolute atomic E-state index is 13.0. The van der Waals surface area contributed by atoms with Gasteiger partial charge in [0.2, 0.25) is 0 Å². The first-order chi connectivity index (χ1) is 41.2. The zero-order valence-electron chi connectivity index (χ0n) is 53.1. The fraction of sp³-hybridized carbons (Fsp3) is 0.653. The van der Waals surface area contributed by atoms with Crippen LogP contribution in [-0.2, 0) is 42.2 Å². The van der Waals surface area contributed by atoms with Gasteiger partial charge < -0.3 is 24.2 Å². The summed E-state index contributed by atoms with van der Waals surface area (Å²) in [6.45, 7) is 4.39. The fourth-order valence-corrected chi connectivity index (χ4v) is 9.32. The summed E-state index contributed by atoms with van der Waals surface area (Å²) in [5, 5.41) is 9.87. The molecule has 0 heterocycles. The molecule has 0 aromatic heterocycles. The molecule has 0 radical (unpaired) electrons. The SMILES string of the molecule is CC/C=C\C/C=C\C/C=C\C/C=C\C/C=C\C/C=C\CCC(=O)OC(COC(=O)CCCCCCCCCCC/C=C\C/C=C\CCCCC)COP(=O)(O)OCC(CO)OC(=O)CCCCCCCC/C=C\C/C=C\C/C=C\CCCCC. The lowest BCUT2D eigenvalue weighted by molar-refractivity contribution is -0.161. The number of ether oxygens (including phenoxy) is 3. The van der Waals surface area contributed by atoms with Gasteiger partial charge in [0, 0.05) is 19.3 Å². The fourth-order valence-electron chi connectivity index (χ4n) is 8.54. The Hall–Kier alpha value is -4.38. The van der Waals surface area contributed by atoms with Crippen molar-refractivity contribution in [2.24, 2.45) is 0 Å². The van der Waals surface area contributed by atoms with Gasteiger partial charge in [-0.25, -0.2) is 4.57 Å². The van der Waals surface area contributed by atoms with E-state index in [1.807, 2.05) is 12.2 Å². The van der Waals surface area contributed by atoms with Gasteiger partial charge in [-0.05, 0) is 128 Å². The van der Waals surface area contributed by atoms with Crippen molar-refractivity contribution in [3.63, 3.8) is 0 Å². The smallest absolute Gasteiger partial charge is 0.462 e. The van der Waals surface area contributed by atoms with Gasteiger partial charge in [0.15, 0.2) is 6.10 Å². The maximum atomic E-state index is 13.0. The molecule has 3 unspecified atom stereocenters. The van der Waals surface area contributed by atoms with E-state index in [4.69, 9.17) is 23.3 Å². The van der Waals surface area contributed by atoms with Crippen LogP contribution in [0.25, 0.3) is 0 Å². The number of aliphatic hydroxyl groups is 1. The second-order valence-electron chi connectivity index (χ2n) is 21.5. The first kappa shape index (κ1) is 79.6. The second-order valence-corrected chi connectivity index (χ2v) is 23.0. The Labute approximate surface area is 512 Å². The van der Waals surface area contributed by atoms with Crippen molar-refractivity contribution < 1.29 is 52.2 Å². The molecule has 0 aromatic rings. The highest BCUT2D eigenvalue weighted by molar-refractivity contribution is 7.47. The Balaban J connectivity index is 4.82. The van der Waals surface area contributed by atoms with E-state index in [0.717, 1.165) is 116 Å². The van der Waals surface area contributed by atoms with E-state index in [2.05, 4.69) is 142 Å². The van der Waals surface area contributed by atoms with Gasteiger partial charge in [-0.15, -0.1) is 0 Å². The number of unbranched alkanes of at least 4 members (excludes halogenated alkanes) is 21. The summed E-state index contributed by atoms with van der Waals surface area (Å²) in [6, 6.07) is 0. The van der Waals surface area contributed by atoms with E-state index in [1.165, 1.54) is 83.5 Å². The van der Waals surface area contributed by atoms with Crippen LogP contribution >= 0.6 is 7.82 Å². The molecule has 0 aromatic carbocycles. The van der Waals surface area contributed by atoms with Gasteiger partial charge in [0.1, 0.15) is 12.7 Å². The number of carbonyl (C=O) groups excluding carboxylic acids is 3. The molecule has 12 heteroatoms. The minimum absolute atomic E-state index is 0.0342. The lowest BCUT2D eigenvalue weighted by Gasteiger charge is -2.21. The summed E-state index contributed by atoms with van der Waals surface area (Å²) in [6.07, 6.45) is 82.7. The van der Waals surface area contributed by atoms with Gasteiger partial charge in [-0.2, -0.15) is 0 Å². The molecule has 0 bridgehead atoms. The number of rotatable bonds is 60. The highest BCUT2D eigenvalue weighted by Gasteiger charge is 2.28. The van der Waals surface area contributed by atoms with Crippen LogP contribution in [0.4, 0.5) is 0 Å². The normalized spacial score (nSPS) is 14.1. The zero-order valence-corrected chi connectivity index (χ0v) is 54.0. The van der Waals surface area contributed by atoms with Gasteiger partial charge in [-0.3, -0.25) is 23.4 Å². The molecule has 3 atom stereocenters. The van der Waals surface area contributed by atoms with Crippen LogP contribution in [-0.4, -0.2) is 66.5 Å². The first-order valence-electron chi connectivity index (χ1n) is 33.1. The van der Waals surface area contributed by atoms with Crippen molar-refractivity contribution in [3.8, 4) is 0 Å². The van der Waals surface area contributed by atoms with E-state index in [1.54, 1.807) is 0 Å². The summed E-state index contributed by atoms with van der Waals surface area (Å²) in [5.74, 6) is -1.59. The molecule has 478 valence electrons. The lowest BCUT2D eigenvalue weighted by atomic mass is 10.1. The van der Waals surface area contributed by atoms with Crippen LogP contribution < -0.4 is 0 Å². The Bertz CT molecular complexity index is 1920. The minimum Gasteiger partial charge on any atom is -0.462 e. The lowest BCUT2D eigenvalue weighted by Crippen LogP contribution is -2.30. The second kappa shape index (κ2) is 64.6. The number of aliphatic hydroxyl groups excluding tert-OH is 1. The molecule has 0 aliphatic heterocycles. The highest BCUT2D eigenvalue weighted by Crippen LogP contribution is 2.43. The van der Waals surface area contributed by atoms with Crippen LogP contribution in [0, 0.1) is 0 Å². The maximum Gasteiger partial charge on any atom is 0.472 e. The summed E-state index contributed by atoms with van der Waals surface area (Å²) >= 11 is 0. The first-order valence-corrected chi connectivity index (χ1v) is 34.6. The molecule has 0 saturated heterocycles. The highest BCUT2D eigenvalue weighted by atomic mass is 31.2. The van der Waals surface area contributed by atoms with Crippen LogP contribution in [0.15, 0.2) is 134 Å². The van der Waals surface area contributed by atoms with E-state index >= 15 is 0 Å².